The van der Waals surface area contributed by atoms with Gasteiger partial charge in [-0.25, -0.2) is 4.98 Å². The molecule has 0 amide bonds. The van der Waals surface area contributed by atoms with Crippen molar-refractivity contribution in [3.8, 4) is 11.1 Å². The minimum absolute atomic E-state index is 0.0549. The van der Waals surface area contributed by atoms with Crippen LogP contribution in [0.4, 0.5) is 13.2 Å². The maximum absolute atomic E-state index is 12.7. The van der Waals surface area contributed by atoms with Crippen molar-refractivity contribution in [1.82, 2.24) is 4.98 Å². The van der Waals surface area contributed by atoms with Crippen LogP contribution in [0.5, 0.6) is 0 Å². The molecule has 0 aliphatic heterocycles. The van der Waals surface area contributed by atoms with Crippen LogP contribution in [-0.2, 0) is 18.8 Å². The van der Waals surface area contributed by atoms with E-state index in [1.54, 1.807) is 0 Å². The van der Waals surface area contributed by atoms with Crippen molar-refractivity contribution >= 4 is 29.3 Å². The molecule has 1 heterocycles. The van der Waals surface area contributed by atoms with E-state index in [0.717, 1.165) is 12.1 Å². The lowest BCUT2D eigenvalue weighted by atomic mass is 10.0. The van der Waals surface area contributed by atoms with E-state index in [-0.39, 0.29) is 21.8 Å². The Hall–Kier alpha value is -1.66. The van der Waals surface area contributed by atoms with Gasteiger partial charge in [0.25, 0.3) is 0 Å². The Labute approximate surface area is 123 Å². The quantitative estimate of drug-likeness (QED) is 0.617. The van der Waals surface area contributed by atoms with Crippen LogP contribution in [0.2, 0.25) is 5.15 Å². The fraction of sp³-hybridized carbons (Fsp3) is 0.0769. The highest BCUT2D eigenvalue weighted by atomic mass is 35.5. The number of carbonyl (C=O) groups is 1. The standard InChI is InChI=1S/C13H7ClF3NOS/c14-11-10(9(12(19)20)4-5-18-11)7-2-1-3-8(6-7)13(15,16)17/h1-6H,(H,19,20)/p-1. The molecule has 2 aromatic rings. The van der Waals surface area contributed by atoms with Gasteiger partial charge in [0.2, 0.25) is 0 Å². The topological polar surface area (TPSA) is 30.0 Å². The first-order valence-electron chi connectivity index (χ1n) is 5.34. The average Bonchev–Trinajstić information content (AvgIpc) is 2.37. The first-order chi connectivity index (χ1) is 9.30. The zero-order valence-electron chi connectivity index (χ0n) is 9.74. The number of pyridine rings is 1. The predicted octanol–water partition coefficient (Wildman–Crippen LogP) is 4.11. The third kappa shape index (κ3) is 2.91. The highest BCUT2D eigenvalue weighted by Crippen LogP contribution is 2.35. The van der Waals surface area contributed by atoms with Gasteiger partial charge < -0.3 is 17.4 Å². The normalized spacial score (nSPS) is 11.4. The van der Waals surface area contributed by atoms with Gasteiger partial charge in [0.05, 0.1) is 5.56 Å². The Bertz CT molecular complexity index is 673. The molecule has 2 nitrogen and oxygen atoms in total. The van der Waals surface area contributed by atoms with Crippen molar-refractivity contribution in [3.05, 3.63) is 52.8 Å². The lowest BCUT2D eigenvalue weighted by Crippen LogP contribution is -2.05. The van der Waals surface area contributed by atoms with E-state index in [1.165, 1.54) is 24.4 Å². The predicted molar refractivity (Wildman–Crippen MR) is 71.4 cm³/mol. The smallest absolute Gasteiger partial charge is 0.416 e. The molecule has 1 aromatic carbocycles. The van der Waals surface area contributed by atoms with Crippen LogP contribution in [0.15, 0.2) is 36.5 Å². The Kier molecular flexibility index (Phi) is 3.96. The van der Waals surface area contributed by atoms with Gasteiger partial charge in [0, 0.05) is 22.4 Å². The van der Waals surface area contributed by atoms with Gasteiger partial charge in [-0.15, -0.1) is 0 Å². The molecular weight excluding hydrogens is 311 g/mol. The number of nitrogens with zero attached hydrogens (tertiary/aromatic N) is 1. The molecule has 0 atom stereocenters. The second kappa shape index (κ2) is 5.38. The summed E-state index contributed by atoms with van der Waals surface area (Å²) >= 11 is 10.4. The zero-order valence-corrected chi connectivity index (χ0v) is 11.3. The van der Waals surface area contributed by atoms with Crippen molar-refractivity contribution in [2.75, 3.05) is 0 Å². The van der Waals surface area contributed by atoms with Crippen LogP contribution in [0.25, 0.3) is 11.1 Å². The summed E-state index contributed by atoms with van der Waals surface area (Å²) in [6, 6.07) is 5.82. The van der Waals surface area contributed by atoms with E-state index in [1.807, 2.05) is 0 Å². The van der Waals surface area contributed by atoms with Crippen LogP contribution >= 0.6 is 11.6 Å². The molecule has 7 heteroatoms. The molecule has 20 heavy (non-hydrogen) atoms. The number of alkyl halides is 3. The Balaban J connectivity index is 2.66. The van der Waals surface area contributed by atoms with Crippen molar-refractivity contribution in [2.24, 2.45) is 0 Å². The zero-order chi connectivity index (χ0) is 14.9. The fourth-order valence-corrected chi connectivity index (χ4v) is 2.17. The second-order valence-electron chi connectivity index (χ2n) is 3.89. The van der Waals surface area contributed by atoms with Crippen LogP contribution in [0.1, 0.15) is 15.9 Å². The second-order valence-corrected chi connectivity index (χ2v) is 4.62. The highest BCUT2D eigenvalue weighted by molar-refractivity contribution is 7.77. The lowest BCUT2D eigenvalue weighted by Gasteiger charge is -2.14. The maximum atomic E-state index is 12.7. The van der Waals surface area contributed by atoms with Crippen LogP contribution in [-0.4, -0.2) is 10.1 Å². The number of benzene rings is 1. The summed E-state index contributed by atoms with van der Waals surface area (Å²) in [5.41, 5.74) is -0.525. The van der Waals surface area contributed by atoms with Gasteiger partial charge in [0.15, 0.2) is 0 Å². The van der Waals surface area contributed by atoms with E-state index in [4.69, 9.17) is 11.6 Å². The molecule has 0 aliphatic carbocycles. The van der Waals surface area contributed by atoms with Gasteiger partial charge in [0.1, 0.15) is 5.15 Å². The maximum Gasteiger partial charge on any atom is 0.416 e. The average molecular weight is 317 g/mol. The van der Waals surface area contributed by atoms with E-state index in [2.05, 4.69) is 17.6 Å². The SMILES string of the molecule is O=C([S-])c1ccnc(Cl)c1-c1cccc(C(F)(F)F)c1. The Morgan fingerprint density at radius 3 is 2.55 bits per heavy atom. The van der Waals surface area contributed by atoms with Gasteiger partial charge in [-0.2, -0.15) is 13.2 Å². The van der Waals surface area contributed by atoms with Crippen LogP contribution in [0, 0.1) is 0 Å². The molecule has 0 saturated heterocycles. The van der Waals surface area contributed by atoms with E-state index in [0.29, 0.717) is 0 Å². The molecule has 0 bridgehead atoms. The molecule has 104 valence electrons. The lowest BCUT2D eigenvalue weighted by molar-refractivity contribution is -0.137. The largest absolute Gasteiger partial charge is 0.737 e. The first kappa shape index (κ1) is 14.7. The molecule has 0 aliphatic rings. The van der Waals surface area contributed by atoms with Crippen molar-refractivity contribution in [3.63, 3.8) is 0 Å². The van der Waals surface area contributed by atoms with Crippen LogP contribution in [0.3, 0.4) is 0 Å². The number of rotatable bonds is 2. The van der Waals surface area contributed by atoms with E-state index < -0.39 is 16.9 Å². The van der Waals surface area contributed by atoms with Gasteiger partial charge >= 0.3 is 6.18 Å². The van der Waals surface area contributed by atoms with E-state index in [9.17, 15) is 18.0 Å². The molecule has 0 N–H and O–H groups in total. The molecule has 0 fully saturated rings. The minimum Gasteiger partial charge on any atom is -0.737 e. The molecule has 0 radical (unpaired) electrons. The summed E-state index contributed by atoms with van der Waals surface area (Å²) in [5, 5.41) is -0.776. The third-order valence-electron chi connectivity index (χ3n) is 2.60. The number of aromatic nitrogens is 1. The summed E-state index contributed by atoms with van der Waals surface area (Å²) in [6.07, 6.45) is -3.21. The minimum atomic E-state index is -4.48. The monoisotopic (exact) mass is 316 g/mol. The Morgan fingerprint density at radius 1 is 1.25 bits per heavy atom. The van der Waals surface area contributed by atoms with Crippen molar-refractivity contribution in [2.45, 2.75) is 6.18 Å². The van der Waals surface area contributed by atoms with Crippen molar-refractivity contribution in [1.29, 1.82) is 0 Å². The summed E-state index contributed by atoms with van der Waals surface area (Å²) in [4.78, 5) is 15.2. The van der Waals surface area contributed by atoms with Gasteiger partial charge in [-0.05, 0) is 23.8 Å². The summed E-state index contributed by atoms with van der Waals surface area (Å²) in [6.45, 7) is 0. The molecule has 0 unspecified atom stereocenters. The highest BCUT2D eigenvalue weighted by Gasteiger charge is 2.30. The number of hydrogen-bond acceptors (Lipinski definition) is 3. The number of carbonyl (C=O) groups excluding carboxylic acids is 1. The molecule has 2 rings (SSSR count). The van der Waals surface area contributed by atoms with Gasteiger partial charge in [-0.3, -0.25) is 0 Å². The number of halogens is 4. The molecule has 0 saturated carbocycles. The van der Waals surface area contributed by atoms with Crippen molar-refractivity contribution < 1.29 is 18.0 Å². The summed E-state index contributed by atoms with van der Waals surface area (Å²) in [7, 11) is 0. The molecular formula is C13H6ClF3NOS-. The Morgan fingerprint density at radius 2 is 1.95 bits per heavy atom. The molecule has 1 aromatic heterocycles. The molecule has 0 spiro atoms. The third-order valence-corrected chi connectivity index (χ3v) is 3.11. The van der Waals surface area contributed by atoms with Crippen LogP contribution < -0.4 is 0 Å². The summed E-state index contributed by atoms with van der Waals surface area (Å²) in [5.74, 6) is 0. The van der Waals surface area contributed by atoms with E-state index >= 15 is 0 Å². The first-order valence-corrected chi connectivity index (χ1v) is 6.13. The number of hydrogen-bond donors (Lipinski definition) is 0. The summed E-state index contributed by atoms with van der Waals surface area (Å²) < 4.78 is 38.1. The fourth-order valence-electron chi connectivity index (χ4n) is 1.73. The van der Waals surface area contributed by atoms with Gasteiger partial charge in [-0.1, -0.05) is 23.7 Å².